The number of anilines is 1. The molecule has 3 aromatic rings. The van der Waals surface area contributed by atoms with Gasteiger partial charge in [0.25, 0.3) is 5.91 Å². The van der Waals surface area contributed by atoms with Gasteiger partial charge in [0.05, 0.1) is 13.2 Å². The van der Waals surface area contributed by atoms with Crippen molar-refractivity contribution in [3.8, 4) is 11.1 Å². The summed E-state index contributed by atoms with van der Waals surface area (Å²) in [5.41, 5.74) is 8.11. The van der Waals surface area contributed by atoms with Crippen LogP contribution in [0.5, 0.6) is 0 Å². The van der Waals surface area contributed by atoms with Crippen LogP contribution in [0, 0.1) is 20.8 Å². The topological polar surface area (TPSA) is 86.9 Å². The second kappa shape index (κ2) is 13.7. The Morgan fingerprint density at radius 2 is 1.67 bits per heavy atom. The molecular weight excluding hydrogens is 528 g/mol. The van der Waals surface area contributed by atoms with Gasteiger partial charge < -0.3 is 24.7 Å². The van der Waals surface area contributed by atoms with Crippen LogP contribution in [0.2, 0.25) is 0 Å². The highest BCUT2D eigenvalue weighted by atomic mass is 16.5. The first kappa shape index (κ1) is 30.0. The highest BCUT2D eigenvalue weighted by molar-refractivity contribution is 5.99. The highest BCUT2D eigenvalue weighted by Crippen LogP contribution is 2.34. The van der Waals surface area contributed by atoms with E-state index in [2.05, 4.69) is 57.4 Å². The average Bonchev–Trinajstić information content (AvgIpc) is 2.99. The van der Waals surface area contributed by atoms with Crippen molar-refractivity contribution in [2.75, 3.05) is 51.0 Å². The monoisotopic (exact) mass is 572 g/mol. The van der Waals surface area contributed by atoms with Gasteiger partial charge in [-0.3, -0.25) is 14.5 Å². The molecule has 5 rings (SSSR count). The maximum absolute atomic E-state index is 13.7. The molecule has 3 heterocycles. The standard InChI is InChI=1S/C34H44N4O4/c1-5-38(29-10-14-41-15-11-29)32-20-28(27-8-6-26(7-9-27)22-37-12-16-42-17-13-37)19-30(24(32)3)34(40)35-21-31-25(4)36-23(2)18-33(31)39/h6-9,18-20,29H,5,10-17,21-22H2,1-4H3,(H,35,40)(H,36,39). The number of nitrogens with one attached hydrogen (secondary N) is 2. The van der Waals surface area contributed by atoms with E-state index in [-0.39, 0.29) is 17.9 Å². The zero-order valence-electron chi connectivity index (χ0n) is 25.4. The number of aromatic amines is 1. The van der Waals surface area contributed by atoms with Crippen LogP contribution in [0.1, 0.15) is 58.2 Å². The Balaban J connectivity index is 1.46. The Bertz CT molecular complexity index is 1440. The van der Waals surface area contributed by atoms with Crippen LogP contribution < -0.4 is 15.6 Å². The molecule has 2 aliphatic rings. The molecule has 2 N–H and O–H groups in total. The molecule has 42 heavy (non-hydrogen) atoms. The van der Waals surface area contributed by atoms with E-state index >= 15 is 0 Å². The van der Waals surface area contributed by atoms with Gasteiger partial charge in [0.2, 0.25) is 0 Å². The minimum Gasteiger partial charge on any atom is -0.381 e. The molecule has 0 saturated carbocycles. The van der Waals surface area contributed by atoms with E-state index in [1.807, 2.05) is 26.8 Å². The van der Waals surface area contributed by atoms with E-state index in [1.54, 1.807) is 6.07 Å². The van der Waals surface area contributed by atoms with E-state index in [1.165, 1.54) is 5.56 Å². The molecule has 1 amide bonds. The molecule has 2 aliphatic heterocycles. The lowest BCUT2D eigenvalue weighted by molar-refractivity contribution is 0.0342. The third-order valence-electron chi connectivity index (χ3n) is 8.61. The lowest BCUT2D eigenvalue weighted by atomic mass is 9.94. The van der Waals surface area contributed by atoms with E-state index in [4.69, 9.17) is 9.47 Å². The smallest absolute Gasteiger partial charge is 0.251 e. The summed E-state index contributed by atoms with van der Waals surface area (Å²) >= 11 is 0. The largest absolute Gasteiger partial charge is 0.381 e. The molecule has 0 aliphatic carbocycles. The fourth-order valence-electron chi connectivity index (χ4n) is 6.20. The quantitative estimate of drug-likeness (QED) is 0.386. The number of aromatic nitrogens is 1. The first-order valence-corrected chi connectivity index (χ1v) is 15.2. The first-order valence-electron chi connectivity index (χ1n) is 15.2. The molecule has 0 bridgehead atoms. The van der Waals surface area contributed by atoms with Gasteiger partial charge in [-0.05, 0) is 74.9 Å². The summed E-state index contributed by atoms with van der Waals surface area (Å²) < 4.78 is 11.1. The Hall–Kier alpha value is -3.46. The summed E-state index contributed by atoms with van der Waals surface area (Å²) in [6, 6.07) is 14.9. The molecular formula is C34H44N4O4. The van der Waals surface area contributed by atoms with Gasteiger partial charge in [-0.25, -0.2) is 0 Å². The third kappa shape index (κ3) is 6.94. The van der Waals surface area contributed by atoms with Crippen LogP contribution in [0.15, 0.2) is 47.3 Å². The Morgan fingerprint density at radius 1 is 0.976 bits per heavy atom. The first-order chi connectivity index (χ1) is 20.3. The van der Waals surface area contributed by atoms with Gasteiger partial charge in [0.15, 0.2) is 5.43 Å². The van der Waals surface area contributed by atoms with Gasteiger partial charge in [-0.1, -0.05) is 24.3 Å². The maximum Gasteiger partial charge on any atom is 0.251 e. The number of pyridine rings is 1. The van der Waals surface area contributed by atoms with Gasteiger partial charge in [0, 0.05) is 86.2 Å². The number of ether oxygens (including phenoxy) is 2. The number of hydrogen-bond donors (Lipinski definition) is 2. The van der Waals surface area contributed by atoms with Gasteiger partial charge >= 0.3 is 0 Å². The second-order valence-corrected chi connectivity index (χ2v) is 11.5. The number of aryl methyl sites for hydroxylation is 2. The van der Waals surface area contributed by atoms with Gasteiger partial charge in [0.1, 0.15) is 0 Å². The molecule has 0 unspecified atom stereocenters. The molecule has 2 aromatic carbocycles. The number of amides is 1. The molecule has 8 heteroatoms. The predicted octanol–water partition coefficient (Wildman–Crippen LogP) is 4.73. The minimum absolute atomic E-state index is 0.0657. The van der Waals surface area contributed by atoms with Crippen molar-refractivity contribution >= 4 is 11.6 Å². The maximum atomic E-state index is 13.7. The lowest BCUT2D eigenvalue weighted by Crippen LogP contribution is -2.40. The van der Waals surface area contributed by atoms with Crippen LogP contribution in [-0.2, 0) is 22.6 Å². The molecule has 0 atom stereocenters. The Kier molecular flexibility index (Phi) is 9.77. The van der Waals surface area contributed by atoms with Crippen molar-refractivity contribution in [1.29, 1.82) is 0 Å². The van der Waals surface area contributed by atoms with E-state index in [9.17, 15) is 9.59 Å². The molecule has 224 valence electrons. The minimum atomic E-state index is -0.179. The fraction of sp³-hybridized carbons (Fsp3) is 0.471. The zero-order chi connectivity index (χ0) is 29.6. The third-order valence-corrected chi connectivity index (χ3v) is 8.61. The molecule has 1 aromatic heterocycles. The van der Waals surface area contributed by atoms with Crippen LogP contribution in [-0.4, -0.2) is 67.9 Å². The number of morpholine rings is 1. The van der Waals surface area contributed by atoms with Gasteiger partial charge in [-0.2, -0.15) is 0 Å². The summed E-state index contributed by atoms with van der Waals surface area (Å²) in [6.07, 6.45) is 1.93. The number of hydrogen-bond acceptors (Lipinski definition) is 6. The number of nitrogens with zero attached hydrogens (tertiary/aromatic N) is 2. The summed E-state index contributed by atoms with van der Waals surface area (Å²) in [6.45, 7) is 14.8. The highest BCUT2D eigenvalue weighted by Gasteiger charge is 2.25. The number of carbonyl (C=O) groups is 1. The summed E-state index contributed by atoms with van der Waals surface area (Å²) in [5.74, 6) is -0.179. The van der Waals surface area contributed by atoms with Crippen LogP contribution in [0.3, 0.4) is 0 Å². The lowest BCUT2D eigenvalue weighted by Gasteiger charge is -2.37. The number of benzene rings is 2. The van der Waals surface area contributed by atoms with Crippen LogP contribution >= 0.6 is 0 Å². The van der Waals surface area contributed by atoms with Crippen LogP contribution in [0.4, 0.5) is 5.69 Å². The molecule has 2 fully saturated rings. The number of carbonyl (C=O) groups excluding carboxylic acids is 1. The Morgan fingerprint density at radius 3 is 2.33 bits per heavy atom. The fourth-order valence-corrected chi connectivity index (χ4v) is 6.20. The van der Waals surface area contributed by atoms with Crippen molar-refractivity contribution in [3.63, 3.8) is 0 Å². The van der Waals surface area contributed by atoms with Crippen LogP contribution in [0.25, 0.3) is 11.1 Å². The molecule has 8 nitrogen and oxygen atoms in total. The van der Waals surface area contributed by atoms with Crippen molar-refractivity contribution < 1.29 is 14.3 Å². The normalized spacial score (nSPS) is 16.4. The summed E-state index contributed by atoms with van der Waals surface area (Å²) in [7, 11) is 0. The zero-order valence-corrected chi connectivity index (χ0v) is 25.4. The second-order valence-electron chi connectivity index (χ2n) is 11.5. The van der Waals surface area contributed by atoms with Gasteiger partial charge in [-0.15, -0.1) is 0 Å². The number of H-pyrrole nitrogens is 1. The van der Waals surface area contributed by atoms with E-state index in [0.717, 1.165) is 99.2 Å². The molecule has 0 spiro atoms. The molecule has 2 saturated heterocycles. The van der Waals surface area contributed by atoms with Crippen molar-refractivity contribution in [2.45, 2.75) is 59.7 Å². The summed E-state index contributed by atoms with van der Waals surface area (Å²) in [4.78, 5) is 34.4. The summed E-state index contributed by atoms with van der Waals surface area (Å²) in [5, 5.41) is 3.04. The Labute approximate surface area is 249 Å². The van der Waals surface area contributed by atoms with Crippen molar-refractivity contribution in [1.82, 2.24) is 15.2 Å². The van der Waals surface area contributed by atoms with Crippen molar-refractivity contribution in [2.24, 2.45) is 0 Å². The average molecular weight is 573 g/mol. The number of rotatable bonds is 9. The molecule has 0 radical (unpaired) electrons. The van der Waals surface area contributed by atoms with E-state index < -0.39 is 0 Å². The predicted molar refractivity (Wildman–Crippen MR) is 167 cm³/mol. The van der Waals surface area contributed by atoms with Crippen molar-refractivity contribution in [3.05, 3.63) is 86.3 Å². The SMILES string of the molecule is CCN(c1cc(-c2ccc(CN3CCOCC3)cc2)cc(C(=O)NCc2c(C)[nH]c(C)cc2=O)c1C)C1CCOCC1. The van der Waals surface area contributed by atoms with E-state index in [0.29, 0.717) is 17.2 Å².